The third-order valence-corrected chi connectivity index (χ3v) is 3.03. The fourth-order valence-corrected chi connectivity index (χ4v) is 2.21. The zero-order chi connectivity index (χ0) is 9.68. The van der Waals surface area contributed by atoms with E-state index in [1.807, 2.05) is 0 Å². The second-order valence-electron chi connectivity index (χ2n) is 3.87. The minimum atomic E-state index is 0.597. The summed E-state index contributed by atoms with van der Waals surface area (Å²) in [6.07, 6.45) is 5.34. The van der Waals surface area contributed by atoms with Gasteiger partial charge >= 0.3 is 0 Å². The third kappa shape index (κ3) is 3.51. The molecule has 3 heteroatoms. The molecule has 0 aromatic heterocycles. The Bertz CT molecular complexity index is 170. The van der Waals surface area contributed by atoms with Crippen molar-refractivity contribution >= 4 is 17.3 Å². The molecule has 0 heterocycles. The van der Waals surface area contributed by atoms with Gasteiger partial charge in [-0.05, 0) is 37.9 Å². The second-order valence-corrected chi connectivity index (χ2v) is 4.28. The third-order valence-electron chi connectivity index (χ3n) is 2.77. The maximum absolute atomic E-state index is 5.16. The monoisotopic (exact) mass is 200 g/mol. The van der Waals surface area contributed by atoms with E-state index in [1.54, 1.807) is 0 Å². The van der Waals surface area contributed by atoms with Gasteiger partial charge in [-0.3, -0.25) is 0 Å². The smallest absolute Gasteiger partial charge is 0.166 e. The summed E-state index contributed by atoms with van der Waals surface area (Å²) in [5.74, 6) is 0.769. The molecule has 2 atom stereocenters. The van der Waals surface area contributed by atoms with E-state index < -0.39 is 0 Å². The van der Waals surface area contributed by atoms with Crippen LogP contribution >= 0.6 is 12.2 Å². The van der Waals surface area contributed by atoms with Crippen LogP contribution in [0.5, 0.6) is 0 Å². The lowest BCUT2D eigenvalue weighted by Gasteiger charge is -2.30. The first-order valence-electron chi connectivity index (χ1n) is 5.28. The van der Waals surface area contributed by atoms with Crippen LogP contribution in [0.25, 0.3) is 0 Å². The van der Waals surface area contributed by atoms with E-state index >= 15 is 0 Å². The Kier molecular flexibility index (Phi) is 4.50. The van der Waals surface area contributed by atoms with Crippen molar-refractivity contribution in [2.24, 2.45) is 5.92 Å². The first-order chi connectivity index (χ1) is 6.24. The Labute approximate surface area is 86.5 Å². The van der Waals surface area contributed by atoms with Crippen LogP contribution in [0.1, 0.15) is 39.5 Å². The van der Waals surface area contributed by atoms with E-state index in [2.05, 4.69) is 24.5 Å². The number of hydrogen-bond acceptors (Lipinski definition) is 1. The highest BCUT2D eigenvalue weighted by Gasteiger charge is 2.21. The van der Waals surface area contributed by atoms with Crippen LogP contribution in [0.15, 0.2) is 0 Å². The summed E-state index contributed by atoms with van der Waals surface area (Å²) < 4.78 is 0. The van der Waals surface area contributed by atoms with Gasteiger partial charge in [0.15, 0.2) is 5.11 Å². The van der Waals surface area contributed by atoms with Crippen molar-refractivity contribution in [2.45, 2.75) is 45.6 Å². The van der Waals surface area contributed by atoms with Crippen molar-refractivity contribution in [3.63, 3.8) is 0 Å². The summed E-state index contributed by atoms with van der Waals surface area (Å²) in [4.78, 5) is 0. The number of hydrogen-bond donors (Lipinski definition) is 2. The highest BCUT2D eigenvalue weighted by Crippen LogP contribution is 2.23. The van der Waals surface area contributed by atoms with Gasteiger partial charge in [-0.2, -0.15) is 0 Å². The number of rotatable bonds is 2. The summed E-state index contributed by atoms with van der Waals surface area (Å²) >= 11 is 5.16. The fraction of sp³-hybridized carbons (Fsp3) is 0.900. The molecule has 2 N–H and O–H groups in total. The minimum absolute atomic E-state index is 0.597. The molecule has 0 aromatic carbocycles. The van der Waals surface area contributed by atoms with Crippen LogP contribution in [-0.4, -0.2) is 17.7 Å². The maximum Gasteiger partial charge on any atom is 0.166 e. The van der Waals surface area contributed by atoms with Gasteiger partial charge in [0.1, 0.15) is 0 Å². The summed E-state index contributed by atoms with van der Waals surface area (Å²) in [5.41, 5.74) is 0. The van der Waals surface area contributed by atoms with Crippen molar-refractivity contribution in [2.75, 3.05) is 6.54 Å². The van der Waals surface area contributed by atoms with Gasteiger partial charge < -0.3 is 10.6 Å². The molecule has 0 amide bonds. The molecule has 2 unspecified atom stereocenters. The lowest BCUT2D eigenvalue weighted by Crippen LogP contribution is -2.45. The molecule has 0 saturated heterocycles. The van der Waals surface area contributed by atoms with E-state index in [4.69, 9.17) is 12.2 Å². The lowest BCUT2D eigenvalue weighted by molar-refractivity contribution is 0.308. The Morgan fingerprint density at radius 2 is 2.08 bits per heavy atom. The molecule has 0 radical (unpaired) electrons. The van der Waals surface area contributed by atoms with E-state index in [0.29, 0.717) is 6.04 Å². The Morgan fingerprint density at radius 3 is 2.69 bits per heavy atom. The lowest BCUT2D eigenvalue weighted by atomic mass is 9.86. The highest BCUT2D eigenvalue weighted by molar-refractivity contribution is 7.80. The molecule has 2 nitrogen and oxygen atoms in total. The van der Waals surface area contributed by atoms with Gasteiger partial charge in [-0.25, -0.2) is 0 Å². The summed E-state index contributed by atoms with van der Waals surface area (Å²) in [6, 6.07) is 0.597. The van der Waals surface area contributed by atoms with Crippen LogP contribution in [0.4, 0.5) is 0 Å². The van der Waals surface area contributed by atoms with Crippen molar-refractivity contribution in [3.05, 3.63) is 0 Å². The van der Waals surface area contributed by atoms with Gasteiger partial charge in [-0.1, -0.05) is 19.8 Å². The quantitative estimate of drug-likeness (QED) is 0.667. The van der Waals surface area contributed by atoms with Gasteiger partial charge in [0.25, 0.3) is 0 Å². The zero-order valence-corrected chi connectivity index (χ0v) is 9.41. The predicted molar refractivity (Wildman–Crippen MR) is 60.8 cm³/mol. The van der Waals surface area contributed by atoms with Crippen LogP contribution in [-0.2, 0) is 0 Å². The van der Waals surface area contributed by atoms with Crippen LogP contribution < -0.4 is 10.6 Å². The zero-order valence-electron chi connectivity index (χ0n) is 8.60. The molecule has 0 aromatic rings. The van der Waals surface area contributed by atoms with Crippen molar-refractivity contribution in [1.29, 1.82) is 0 Å². The number of nitrogens with one attached hydrogen (secondary N) is 2. The van der Waals surface area contributed by atoms with E-state index in [-0.39, 0.29) is 0 Å². The normalized spacial score (nSPS) is 28.2. The molecule has 13 heavy (non-hydrogen) atoms. The van der Waals surface area contributed by atoms with Gasteiger partial charge in [0.05, 0.1) is 0 Å². The van der Waals surface area contributed by atoms with Gasteiger partial charge in [-0.15, -0.1) is 0 Å². The summed E-state index contributed by atoms with van der Waals surface area (Å²) in [5, 5.41) is 7.34. The average Bonchev–Trinajstić information content (AvgIpc) is 2.09. The average molecular weight is 200 g/mol. The summed E-state index contributed by atoms with van der Waals surface area (Å²) in [6.45, 7) is 5.29. The van der Waals surface area contributed by atoms with Crippen LogP contribution in [0.3, 0.4) is 0 Å². The fourth-order valence-electron chi connectivity index (χ4n) is 1.91. The summed E-state index contributed by atoms with van der Waals surface area (Å²) in [7, 11) is 0. The van der Waals surface area contributed by atoms with Crippen molar-refractivity contribution in [1.82, 2.24) is 10.6 Å². The molecule has 1 rings (SSSR count). The van der Waals surface area contributed by atoms with Crippen molar-refractivity contribution < 1.29 is 0 Å². The van der Waals surface area contributed by atoms with Gasteiger partial charge in [0, 0.05) is 12.6 Å². The molecule has 0 spiro atoms. The second kappa shape index (κ2) is 5.43. The van der Waals surface area contributed by atoms with Crippen LogP contribution in [0, 0.1) is 5.92 Å². The molecule has 1 aliphatic carbocycles. The Hall–Kier alpha value is -0.310. The molecular weight excluding hydrogens is 180 g/mol. The topological polar surface area (TPSA) is 24.1 Å². The molecule has 0 bridgehead atoms. The van der Waals surface area contributed by atoms with Crippen LogP contribution in [0.2, 0.25) is 0 Å². The molecule has 1 fully saturated rings. The highest BCUT2D eigenvalue weighted by atomic mass is 32.1. The van der Waals surface area contributed by atoms with Crippen molar-refractivity contribution in [3.8, 4) is 0 Å². The molecule has 76 valence electrons. The number of thiocarbonyl (C=S) groups is 1. The molecule has 1 aliphatic rings. The maximum atomic E-state index is 5.16. The predicted octanol–water partition coefficient (Wildman–Crippen LogP) is 2.05. The SMILES string of the molecule is CCNC(=S)NC1CCCCC1C. The largest absolute Gasteiger partial charge is 0.363 e. The molecule has 0 aliphatic heterocycles. The Morgan fingerprint density at radius 1 is 1.38 bits per heavy atom. The molecule has 1 saturated carbocycles. The van der Waals surface area contributed by atoms with Gasteiger partial charge in [0.2, 0.25) is 0 Å². The first kappa shape index (κ1) is 10.8. The van der Waals surface area contributed by atoms with E-state index in [0.717, 1.165) is 17.6 Å². The standard InChI is InChI=1S/C10H20N2S/c1-3-11-10(13)12-9-7-5-4-6-8(9)2/h8-9H,3-7H2,1-2H3,(H2,11,12,13). The Balaban J connectivity index is 2.29. The first-order valence-corrected chi connectivity index (χ1v) is 5.69. The molecular formula is C10H20N2S. The van der Waals surface area contributed by atoms with E-state index in [1.165, 1.54) is 25.7 Å². The van der Waals surface area contributed by atoms with E-state index in [9.17, 15) is 0 Å². The minimum Gasteiger partial charge on any atom is -0.363 e.